The number of hydrogen-bond donors (Lipinski definition) is 2. The quantitative estimate of drug-likeness (QED) is 0.0383. The topological polar surface area (TPSA) is 252 Å². The van der Waals surface area contributed by atoms with Crippen molar-refractivity contribution in [1.29, 1.82) is 0 Å². The summed E-state index contributed by atoms with van der Waals surface area (Å²) in [6.45, 7) is 8.40. The van der Waals surface area contributed by atoms with Crippen molar-refractivity contribution in [2.24, 2.45) is 20.5 Å². The zero-order valence-corrected chi connectivity index (χ0v) is 42.6. The summed E-state index contributed by atoms with van der Waals surface area (Å²) in [5.41, 5.74) is -3.19. The number of halogens is 6. The van der Waals surface area contributed by atoms with Crippen LogP contribution < -0.4 is 19.2 Å². The Morgan fingerprint density at radius 3 is 1.48 bits per heavy atom. The molecule has 2 atom stereocenters. The predicted molar refractivity (Wildman–Crippen MR) is 255 cm³/mol. The van der Waals surface area contributed by atoms with Gasteiger partial charge in [0.2, 0.25) is 20.0 Å². The third-order valence-electron chi connectivity index (χ3n) is 11.0. The second-order valence-electron chi connectivity index (χ2n) is 16.1. The van der Waals surface area contributed by atoms with Gasteiger partial charge in [-0.25, -0.2) is 18.0 Å². The van der Waals surface area contributed by atoms with Crippen molar-refractivity contribution in [3.05, 3.63) is 45.4 Å². The van der Waals surface area contributed by atoms with E-state index in [0.29, 0.717) is 37.1 Å². The maximum Gasteiger partial charge on any atom is 0.516 e. The number of anilines is 4. The van der Waals surface area contributed by atoms with E-state index < -0.39 is 49.4 Å². The predicted octanol–water partition coefficient (Wildman–Crippen LogP) is 10.7. The van der Waals surface area contributed by atoms with Crippen molar-refractivity contribution in [3.8, 4) is 0 Å². The summed E-state index contributed by atoms with van der Waals surface area (Å²) in [7, 11) is -6.80. The number of azo groups is 2. The fourth-order valence-corrected chi connectivity index (χ4v) is 9.93. The van der Waals surface area contributed by atoms with Gasteiger partial charge in [-0.1, -0.05) is 63.2 Å². The second-order valence-corrected chi connectivity index (χ2v) is 21.4. The van der Waals surface area contributed by atoms with E-state index in [9.17, 15) is 52.8 Å². The van der Waals surface area contributed by atoms with Crippen molar-refractivity contribution in [3.63, 3.8) is 0 Å². The molecule has 71 heavy (non-hydrogen) atoms. The number of unbranched alkanes of at least 4 members (excludes halogenated alkanes) is 2. The van der Waals surface area contributed by atoms with Crippen LogP contribution in [0, 0.1) is 0 Å². The van der Waals surface area contributed by atoms with Crippen molar-refractivity contribution in [2.75, 3.05) is 52.3 Å². The summed E-state index contributed by atoms with van der Waals surface area (Å²) in [5.74, 6) is -3.36. The highest BCUT2D eigenvalue weighted by Crippen LogP contribution is 2.42. The van der Waals surface area contributed by atoms with E-state index in [1.165, 1.54) is 18.2 Å². The molecule has 2 aromatic carbocycles. The fraction of sp³-hybridized carbons (Fsp3) is 0.561. The first kappa shape index (κ1) is 56.3. The highest BCUT2D eigenvalue weighted by molar-refractivity contribution is 7.93. The lowest BCUT2D eigenvalue weighted by molar-refractivity contribution is -0.106. The van der Waals surface area contributed by atoms with Gasteiger partial charge in [0, 0.05) is 37.6 Å². The van der Waals surface area contributed by atoms with Gasteiger partial charge < -0.3 is 19.3 Å². The van der Waals surface area contributed by atoms with Crippen LogP contribution in [0.5, 0.6) is 0 Å². The van der Waals surface area contributed by atoms with Gasteiger partial charge >= 0.3 is 33.6 Å². The zero-order valence-electron chi connectivity index (χ0n) is 39.3. The Bertz CT molecular complexity index is 2790. The fourth-order valence-electron chi connectivity index (χ4n) is 7.24. The third-order valence-corrected chi connectivity index (χ3v) is 14.9. The molecule has 0 aliphatic carbocycles. The van der Waals surface area contributed by atoms with Crippen LogP contribution in [0.2, 0.25) is 0 Å². The molecule has 2 unspecified atom stereocenters. The van der Waals surface area contributed by atoms with Crippen molar-refractivity contribution in [1.82, 2.24) is 20.4 Å². The average Bonchev–Trinajstić information content (AvgIpc) is 3.98. The molecular formula is C41H52F6N12O8S4. The van der Waals surface area contributed by atoms with Crippen molar-refractivity contribution < 1.29 is 62.2 Å². The highest BCUT2D eigenvalue weighted by atomic mass is 32.2. The van der Waals surface area contributed by atoms with Crippen molar-refractivity contribution >= 4 is 99.0 Å². The van der Waals surface area contributed by atoms with Gasteiger partial charge in [0.05, 0.1) is 24.6 Å². The number of nitrogens with one attached hydrogen (secondary N) is 2. The lowest BCUT2D eigenvalue weighted by Crippen LogP contribution is -2.35. The van der Waals surface area contributed by atoms with E-state index in [2.05, 4.69) is 40.9 Å². The Hall–Kier alpha value is -5.62. The summed E-state index contributed by atoms with van der Waals surface area (Å²) in [5, 5.41) is 30.5. The molecule has 0 fully saturated rings. The molecule has 20 nitrogen and oxygen atoms in total. The molecule has 2 N–H and O–H groups in total. The van der Waals surface area contributed by atoms with Gasteiger partial charge in [-0.05, 0) is 86.8 Å². The number of sulfonamides is 2. The Kier molecular flexibility index (Phi) is 19.2. The summed E-state index contributed by atoms with van der Waals surface area (Å²) >= 11 is 1.61. The third kappa shape index (κ3) is 15.4. The first-order chi connectivity index (χ1) is 33.4. The lowest BCUT2D eigenvalue weighted by atomic mass is 9.94. The lowest BCUT2D eigenvalue weighted by Gasteiger charge is -2.36. The van der Waals surface area contributed by atoms with Gasteiger partial charge in [0.15, 0.2) is 5.75 Å². The van der Waals surface area contributed by atoms with Crippen LogP contribution in [-0.2, 0) is 42.4 Å². The Balaban J connectivity index is 0.000000264. The summed E-state index contributed by atoms with van der Waals surface area (Å²) in [6.07, 6.45) is 2.86. The zero-order chi connectivity index (χ0) is 52.3. The SMILES string of the molecule is CCCCOC(=O)c1nnc(N=Nc2cc3c(cc2NS(=O)(=O)C(F)(F)F)N(C)C(CC)CC3)s1.CCCCOC(=O)c1nnc(N=Nc2cc3c(cc2NS(=O)(=O)CC(F)(F)F)N(C)C(CC)CC3)s1. The standard InChI is InChI=1S/C21H27F3N6O4S2.C20H25F3N6O4S2/c1-4-6-9-34-19(31)18-26-28-20(35-18)27-25-15-10-13-7-8-14(5-2)30(3)17(13)11-16(15)29-36(32,33)12-21(22,23)24;1-4-6-9-33-18(30)17-25-27-19(34-17)26-24-14-10-12-7-8-13(5-2)29(3)16(12)11-15(14)28-35(31,32)20(21,22)23/h10-11,14,29H,4-9,12H2,1-3H3;10-11,13,28H,4-9H2,1-3H3. The molecule has 0 bridgehead atoms. The molecule has 0 saturated carbocycles. The maximum atomic E-state index is 13.0. The number of nitrogens with zero attached hydrogens (tertiary/aromatic N) is 10. The monoisotopic (exact) mass is 1080 g/mol. The highest BCUT2D eigenvalue weighted by Gasteiger charge is 2.46. The summed E-state index contributed by atoms with van der Waals surface area (Å²) in [4.78, 5) is 27.9. The maximum absolute atomic E-state index is 13.0. The number of fused-ring (bicyclic) bond motifs is 2. The second kappa shape index (κ2) is 24.2. The molecule has 0 spiro atoms. The van der Waals surface area contributed by atoms with Crippen LogP contribution in [0.3, 0.4) is 0 Å². The number of carbonyl (C=O) groups is 2. The molecule has 0 radical (unpaired) electrons. The van der Waals surface area contributed by atoms with Crippen LogP contribution in [0.4, 0.5) is 70.7 Å². The van der Waals surface area contributed by atoms with E-state index in [-0.39, 0.29) is 68.3 Å². The van der Waals surface area contributed by atoms with E-state index >= 15 is 0 Å². The normalized spacial score (nSPS) is 16.3. The minimum absolute atomic E-state index is 0.00225. The van der Waals surface area contributed by atoms with Crippen LogP contribution in [0.15, 0.2) is 44.7 Å². The molecule has 390 valence electrons. The van der Waals surface area contributed by atoms with E-state index in [1.54, 1.807) is 17.8 Å². The Labute approximate surface area is 413 Å². The smallest absolute Gasteiger partial charge is 0.460 e. The number of aryl methyl sites for hydroxylation is 2. The molecular weight excluding hydrogens is 1030 g/mol. The number of aromatic nitrogens is 4. The van der Waals surface area contributed by atoms with E-state index in [0.717, 1.165) is 72.3 Å². The van der Waals surface area contributed by atoms with Gasteiger partial charge in [0.1, 0.15) is 11.4 Å². The van der Waals surface area contributed by atoms with Gasteiger partial charge in [-0.3, -0.25) is 9.44 Å². The van der Waals surface area contributed by atoms with Crippen LogP contribution >= 0.6 is 22.7 Å². The molecule has 0 amide bonds. The summed E-state index contributed by atoms with van der Waals surface area (Å²) < 4.78 is 139. The first-order valence-electron chi connectivity index (χ1n) is 22.2. The minimum atomic E-state index is -5.69. The minimum Gasteiger partial charge on any atom is -0.460 e. The average molecular weight is 1080 g/mol. The summed E-state index contributed by atoms with van der Waals surface area (Å²) in [6, 6.07) is 6.26. The molecule has 4 heterocycles. The molecule has 2 aliphatic heterocycles. The number of carbonyl (C=O) groups excluding carboxylic acids is 2. The molecule has 2 aromatic heterocycles. The number of esters is 2. The molecule has 30 heteroatoms. The van der Waals surface area contributed by atoms with E-state index in [1.807, 2.05) is 49.3 Å². The van der Waals surface area contributed by atoms with E-state index in [4.69, 9.17) is 9.47 Å². The Morgan fingerprint density at radius 1 is 0.676 bits per heavy atom. The van der Waals surface area contributed by atoms with Gasteiger partial charge in [-0.15, -0.1) is 40.9 Å². The van der Waals surface area contributed by atoms with Gasteiger partial charge in [0.25, 0.3) is 10.3 Å². The molecule has 2 aliphatic rings. The number of rotatable bonds is 19. The first-order valence-corrected chi connectivity index (χ1v) is 27.0. The van der Waals surface area contributed by atoms with Crippen LogP contribution in [0.25, 0.3) is 0 Å². The molecule has 0 saturated heterocycles. The van der Waals surface area contributed by atoms with Crippen LogP contribution in [0.1, 0.15) is 110 Å². The molecule has 4 aromatic rings. The van der Waals surface area contributed by atoms with Gasteiger partial charge in [-0.2, -0.15) is 34.8 Å². The Morgan fingerprint density at radius 2 is 1.10 bits per heavy atom. The number of alkyl halides is 6. The van der Waals surface area contributed by atoms with Crippen molar-refractivity contribution in [2.45, 2.75) is 116 Å². The number of ether oxygens (including phenoxy) is 2. The largest absolute Gasteiger partial charge is 0.516 e. The number of hydrogen-bond acceptors (Lipinski definition) is 20. The molecule has 6 rings (SSSR count). The van der Waals surface area contributed by atoms with Crippen LogP contribution in [-0.4, -0.2) is 106 Å². The number of benzene rings is 2.